The number of carboxylic acid groups (broad SMARTS) is 1. The van der Waals surface area contributed by atoms with E-state index in [9.17, 15) is 24.8 Å². The second kappa shape index (κ2) is 8.00. The summed E-state index contributed by atoms with van der Waals surface area (Å²) in [5.74, 6) is -2.96. The van der Waals surface area contributed by atoms with Crippen molar-refractivity contribution in [3.05, 3.63) is 62.5 Å². The maximum Gasteiger partial charge on any atom is 0.336 e. The molecule has 2 rings (SSSR count). The Balaban J connectivity index is 2.79. The highest BCUT2D eigenvalue weighted by Gasteiger charge is 2.40. The number of nitro benzene ring substituents is 1. The molecule has 0 spiro atoms. The van der Waals surface area contributed by atoms with E-state index in [1.54, 1.807) is 24.8 Å². The fourth-order valence-corrected chi connectivity index (χ4v) is 3.23. The second-order valence-electron chi connectivity index (χ2n) is 5.93. The first-order valence-corrected chi connectivity index (χ1v) is 7.98. The van der Waals surface area contributed by atoms with Crippen molar-refractivity contribution in [3.8, 4) is 0 Å². The van der Waals surface area contributed by atoms with E-state index in [4.69, 9.17) is 9.47 Å². The van der Waals surface area contributed by atoms with Crippen LogP contribution in [-0.2, 0) is 19.1 Å². The van der Waals surface area contributed by atoms with E-state index in [0.29, 0.717) is 17.0 Å². The summed E-state index contributed by atoms with van der Waals surface area (Å²) in [7, 11) is 2.64. The molecule has 1 atom stereocenters. The molecule has 1 aliphatic rings. The van der Waals surface area contributed by atoms with E-state index < -0.39 is 22.8 Å². The summed E-state index contributed by atoms with van der Waals surface area (Å²) in [6.45, 7) is 3.29. The molecule has 1 aliphatic heterocycles. The lowest BCUT2D eigenvalue weighted by Gasteiger charge is -2.36. The number of carbonyl (C=O) groups is 2. The Morgan fingerprint density at radius 3 is 2.37 bits per heavy atom. The molecule has 0 radical (unpaired) electrons. The first kappa shape index (κ1) is 20.1. The third-order valence-electron chi connectivity index (χ3n) is 4.47. The number of carboxylic acids is 1. The summed E-state index contributed by atoms with van der Waals surface area (Å²) < 4.78 is 9.99. The Labute approximate surface area is 155 Å². The monoisotopic (exact) mass is 376 g/mol. The zero-order valence-electron chi connectivity index (χ0n) is 15.4. The van der Waals surface area contributed by atoms with Crippen molar-refractivity contribution < 1.29 is 29.1 Å². The number of methoxy groups -OCH3 is 2. The van der Waals surface area contributed by atoms with E-state index in [1.807, 2.05) is 0 Å². The van der Waals surface area contributed by atoms with Crippen LogP contribution in [0.2, 0.25) is 0 Å². The molecule has 9 heteroatoms. The van der Waals surface area contributed by atoms with Gasteiger partial charge in [-0.3, -0.25) is 10.1 Å². The molecule has 0 aliphatic carbocycles. The van der Waals surface area contributed by atoms with Crippen LogP contribution >= 0.6 is 0 Å². The number of allylic oxidation sites excluding steroid dienone is 2. The average molecular weight is 376 g/mol. The average Bonchev–Trinajstić information content (AvgIpc) is 2.63. The van der Waals surface area contributed by atoms with Gasteiger partial charge in [-0.15, -0.1) is 0 Å². The topological polar surface area (TPSA) is 119 Å². The van der Waals surface area contributed by atoms with Crippen LogP contribution in [0.25, 0.3) is 0 Å². The summed E-state index contributed by atoms with van der Waals surface area (Å²) in [6, 6.07) is 5.57. The quantitative estimate of drug-likeness (QED) is 0.457. The highest BCUT2D eigenvalue weighted by molar-refractivity contribution is 5.99. The number of esters is 1. The molecule has 27 heavy (non-hydrogen) atoms. The smallest absolute Gasteiger partial charge is 0.336 e. The molecular weight excluding hydrogens is 356 g/mol. The molecule has 0 aromatic heterocycles. The number of hydrogen-bond donors (Lipinski definition) is 1. The predicted octanol–water partition coefficient (Wildman–Crippen LogP) is 2.40. The molecule has 144 valence electrons. The number of nitrogens with zero attached hydrogens (tertiary/aromatic N) is 2. The lowest BCUT2D eigenvalue weighted by Crippen LogP contribution is -2.35. The molecular formula is C18H20N2O7. The fourth-order valence-electron chi connectivity index (χ4n) is 3.23. The van der Waals surface area contributed by atoms with Gasteiger partial charge in [0.1, 0.15) is 6.73 Å². The molecule has 0 fully saturated rings. The van der Waals surface area contributed by atoms with Crippen LogP contribution in [0.1, 0.15) is 25.3 Å². The van der Waals surface area contributed by atoms with E-state index in [0.717, 1.165) is 0 Å². The number of nitro groups is 1. The standard InChI is InChI=1S/C18H20N2O7/c1-10-14(17(21)22)16(12-6-5-7-13(8-12)20(24)25)15(18(23)27-4)11(2)19(10)9-26-3/h5-8,16H,9H2,1-4H3,(H,21,22)/t16-/m1/s1. The summed E-state index contributed by atoms with van der Waals surface area (Å²) in [6.07, 6.45) is 0. The van der Waals surface area contributed by atoms with E-state index in [-0.39, 0.29) is 23.6 Å². The van der Waals surface area contributed by atoms with Crippen molar-refractivity contribution in [3.63, 3.8) is 0 Å². The van der Waals surface area contributed by atoms with Crippen LogP contribution in [0.4, 0.5) is 5.69 Å². The van der Waals surface area contributed by atoms with Gasteiger partial charge in [-0.25, -0.2) is 9.59 Å². The van der Waals surface area contributed by atoms with E-state index >= 15 is 0 Å². The van der Waals surface area contributed by atoms with Gasteiger partial charge < -0.3 is 19.5 Å². The molecule has 9 nitrogen and oxygen atoms in total. The number of rotatable bonds is 6. The number of hydrogen-bond acceptors (Lipinski definition) is 7. The van der Waals surface area contributed by atoms with Crippen molar-refractivity contribution >= 4 is 17.6 Å². The van der Waals surface area contributed by atoms with Crippen molar-refractivity contribution in [2.45, 2.75) is 19.8 Å². The number of aliphatic carboxylic acids is 1. The summed E-state index contributed by atoms with van der Waals surface area (Å²) in [4.78, 5) is 36.7. The third kappa shape index (κ3) is 3.68. The molecule has 0 bridgehead atoms. The van der Waals surface area contributed by atoms with Crippen molar-refractivity contribution in [1.29, 1.82) is 0 Å². The van der Waals surface area contributed by atoms with Gasteiger partial charge in [-0.2, -0.15) is 0 Å². The van der Waals surface area contributed by atoms with Gasteiger partial charge >= 0.3 is 11.9 Å². The Bertz CT molecular complexity index is 857. The van der Waals surface area contributed by atoms with Crippen LogP contribution in [0.3, 0.4) is 0 Å². The Hall–Kier alpha value is -3.20. The zero-order valence-corrected chi connectivity index (χ0v) is 15.4. The lowest BCUT2D eigenvalue weighted by molar-refractivity contribution is -0.384. The van der Waals surface area contributed by atoms with Gasteiger partial charge in [0, 0.05) is 30.6 Å². The normalized spacial score (nSPS) is 17.2. The van der Waals surface area contributed by atoms with Gasteiger partial charge in [0.15, 0.2) is 0 Å². The molecule has 0 amide bonds. The van der Waals surface area contributed by atoms with Crippen LogP contribution in [0.5, 0.6) is 0 Å². The number of benzene rings is 1. The maximum atomic E-state index is 12.5. The molecule has 1 aromatic rings. The van der Waals surface area contributed by atoms with Crippen molar-refractivity contribution in [2.24, 2.45) is 0 Å². The van der Waals surface area contributed by atoms with Crippen LogP contribution in [0, 0.1) is 10.1 Å². The summed E-state index contributed by atoms with van der Waals surface area (Å²) in [5, 5.41) is 21.0. The van der Waals surface area contributed by atoms with Crippen LogP contribution in [-0.4, -0.2) is 47.8 Å². The Morgan fingerprint density at radius 2 is 1.85 bits per heavy atom. The Morgan fingerprint density at radius 1 is 1.22 bits per heavy atom. The minimum Gasteiger partial charge on any atom is -0.478 e. The highest BCUT2D eigenvalue weighted by Crippen LogP contribution is 2.42. The number of non-ortho nitro benzene ring substituents is 1. The summed E-state index contributed by atoms with van der Waals surface area (Å²) >= 11 is 0. The van der Waals surface area contributed by atoms with Gasteiger partial charge in [-0.1, -0.05) is 12.1 Å². The van der Waals surface area contributed by atoms with Crippen molar-refractivity contribution in [2.75, 3.05) is 21.0 Å². The molecule has 0 saturated carbocycles. The van der Waals surface area contributed by atoms with E-state index in [1.165, 1.54) is 32.4 Å². The predicted molar refractivity (Wildman–Crippen MR) is 94.6 cm³/mol. The lowest BCUT2D eigenvalue weighted by atomic mass is 9.79. The van der Waals surface area contributed by atoms with Gasteiger partial charge in [-0.05, 0) is 19.4 Å². The first-order valence-electron chi connectivity index (χ1n) is 7.98. The minimum atomic E-state index is -1.24. The molecule has 1 aromatic carbocycles. The SMILES string of the molecule is COCN1C(C)=C(C(=O)O)[C@@H](c2cccc([N+](=O)[O-])c2)C(C(=O)OC)=C1C. The zero-order chi connectivity index (χ0) is 20.3. The van der Waals surface area contributed by atoms with Crippen LogP contribution < -0.4 is 0 Å². The highest BCUT2D eigenvalue weighted by atomic mass is 16.6. The van der Waals surface area contributed by atoms with Crippen LogP contribution in [0.15, 0.2) is 46.8 Å². The van der Waals surface area contributed by atoms with Gasteiger partial charge in [0.2, 0.25) is 0 Å². The fraction of sp³-hybridized carbons (Fsp3) is 0.333. The van der Waals surface area contributed by atoms with E-state index in [2.05, 4.69) is 0 Å². The van der Waals surface area contributed by atoms with Gasteiger partial charge in [0.25, 0.3) is 5.69 Å². The minimum absolute atomic E-state index is 0.0383. The second-order valence-corrected chi connectivity index (χ2v) is 5.93. The summed E-state index contributed by atoms with van der Waals surface area (Å²) in [5.41, 5.74) is 0.985. The molecule has 1 heterocycles. The largest absolute Gasteiger partial charge is 0.478 e. The third-order valence-corrected chi connectivity index (χ3v) is 4.47. The maximum absolute atomic E-state index is 12.5. The molecule has 1 N–H and O–H groups in total. The number of ether oxygens (including phenoxy) is 2. The number of carbonyl (C=O) groups excluding carboxylic acids is 1. The first-order chi connectivity index (χ1) is 12.7. The Kier molecular flexibility index (Phi) is 5.96. The van der Waals surface area contributed by atoms with Gasteiger partial charge in [0.05, 0.1) is 29.1 Å². The molecule has 0 saturated heterocycles. The molecule has 0 unspecified atom stereocenters. The van der Waals surface area contributed by atoms with Crippen molar-refractivity contribution in [1.82, 2.24) is 4.90 Å².